The summed E-state index contributed by atoms with van der Waals surface area (Å²) in [6.45, 7) is 11.8. The Morgan fingerprint density at radius 2 is 0.286 bits per heavy atom. The van der Waals surface area contributed by atoms with Crippen LogP contribution in [0.2, 0.25) is 0 Å². The highest BCUT2D eigenvalue weighted by Gasteiger charge is 2.37. The van der Waals surface area contributed by atoms with E-state index in [0.29, 0.717) is 5.41 Å². The molecule has 0 aliphatic heterocycles. The van der Waals surface area contributed by atoms with Crippen LogP contribution in [0.15, 0.2) is 0 Å². The van der Waals surface area contributed by atoms with Gasteiger partial charge in [-0.25, -0.2) is 0 Å². The average molecular weight is 983 g/mol. The van der Waals surface area contributed by atoms with Crippen LogP contribution in [-0.2, 0) is 0 Å². The summed E-state index contributed by atoms with van der Waals surface area (Å²) >= 11 is 0. The van der Waals surface area contributed by atoms with E-state index in [1.807, 2.05) is 0 Å². The summed E-state index contributed by atoms with van der Waals surface area (Å²) in [6, 6.07) is 0. The molecule has 1 unspecified atom stereocenters. The number of hydrogen-bond acceptors (Lipinski definition) is 0. The van der Waals surface area contributed by atoms with E-state index in [-0.39, 0.29) is 0 Å². The molecular weight excluding hydrogens is 841 g/mol. The van der Waals surface area contributed by atoms with E-state index >= 15 is 0 Å². The lowest BCUT2D eigenvalue weighted by Crippen LogP contribution is -2.30. The van der Waals surface area contributed by atoms with Gasteiger partial charge in [0.1, 0.15) is 0 Å². The topological polar surface area (TPSA) is 0 Å². The first-order valence-corrected chi connectivity index (χ1v) is 34.6. The minimum absolute atomic E-state index is 0.535. The van der Waals surface area contributed by atoms with Gasteiger partial charge in [0.05, 0.1) is 0 Å². The number of unbranched alkanes of at least 4 members (excludes halogenated alkanes) is 53. The van der Waals surface area contributed by atoms with Crippen LogP contribution in [-0.4, -0.2) is 0 Å². The van der Waals surface area contributed by atoms with Crippen LogP contribution in [0.5, 0.6) is 0 Å². The lowest BCUT2D eigenvalue weighted by Gasteiger charge is -2.42. The first kappa shape index (κ1) is 70.0. The second-order valence-electron chi connectivity index (χ2n) is 24.4. The van der Waals surface area contributed by atoms with Crippen molar-refractivity contribution < 1.29 is 0 Å². The van der Waals surface area contributed by atoms with E-state index in [0.717, 1.165) is 0 Å². The van der Waals surface area contributed by atoms with E-state index in [1.54, 1.807) is 0 Å². The fourth-order valence-electron chi connectivity index (χ4n) is 12.5. The lowest BCUT2D eigenvalue weighted by atomic mass is 9.62. The van der Waals surface area contributed by atoms with Crippen LogP contribution < -0.4 is 0 Å². The molecule has 0 N–H and O–H groups in total. The van der Waals surface area contributed by atoms with E-state index in [2.05, 4.69) is 40.5 Å². The zero-order chi connectivity index (χ0) is 50.6. The fraction of sp³-hybridized carbons (Fsp3) is 0.986. The summed E-state index contributed by atoms with van der Waals surface area (Å²) in [5.74, 6) is 2.12. The van der Waals surface area contributed by atoms with E-state index in [1.165, 1.54) is 405 Å². The third-order valence-corrected chi connectivity index (χ3v) is 17.4. The van der Waals surface area contributed by atoms with Gasteiger partial charge in [0.15, 0.2) is 0 Å². The molecule has 0 rings (SSSR count). The molecule has 0 bridgehead atoms. The van der Waals surface area contributed by atoms with Crippen LogP contribution in [0.25, 0.3) is 0 Å². The van der Waals surface area contributed by atoms with Crippen molar-refractivity contribution in [1.29, 1.82) is 0 Å². The molecule has 1 atom stereocenters. The van der Waals surface area contributed by atoms with Crippen molar-refractivity contribution >= 4 is 0 Å². The van der Waals surface area contributed by atoms with Crippen LogP contribution >= 0.6 is 0 Å². The summed E-state index contributed by atoms with van der Waals surface area (Å²) in [6.07, 6.45) is 93.0. The Kier molecular flexibility index (Phi) is 61.5. The van der Waals surface area contributed by atoms with Crippen molar-refractivity contribution in [3.05, 3.63) is 5.92 Å². The third-order valence-electron chi connectivity index (χ3n) is 17.4. The molecule has 421 valence electrons. The number of rotatable bonds is 64. The SMILES string of the molecule is CCCCCCCCCCCCCCCCC(CCCCCCCCCC)(CCCCCCCCCCCCCCC)[C](CCCCCCCCCCCCC)CCCCCCCCCCCCCC. The van der Waals surface area contributed by atoms with Crippen molar-refractivity contribution in [3.8, 4) is 0 Å². The van der Waals surface area contributed by atoms with E-state index in [9.17, 15) is 0 Å². The number of hydrogen-bond donors (Lipinski definition) is 0. The zero-order valence-electron chi connectivity index (χ0n) is 50.5. The Morgan fingerprint density at radius 1 is 0.157 bits per heavy atom. The van der Waals surface area contributed by atoms with Gasteiger partial charge in [-0.2, -0.15) is 0 Å². The predicted molar refractivity (Wildman–Crippen MR) is 325 cm³/mol. The molecule has 0 saturated heterocycles. The lowest BCUT2D eigenvalue weighted by molar-refractivity contribution is 0.188. The zero-order valence-corrected chi connectivity index (χ0v) is 50.5. The first-order valence-electron chi connectivity index (χ1n) is 34.6. The Balaban J connectivity index is 5.76. The minimum Gasteiger partial charge on any atom is -0.0654 e. The second-order valence-corrected chi connectivity index (χ2v) is 24.4. The van der Waals surface area contributed by atoms with Crippen LogP contribution in [0, 0.1) is 11.3 Å². The normalized spacial score (nSPS) is 12.8. The van der Waals surface area contributed by atoms with Crippen LogP contribution in [0.1, 0.15) is 439 Å². The Morgan fingerprint density at radius 3 is 0.443 bits per heavy atom. The van der Waals surface area contributed by atoms with E-state index < -0.39 is 0 Å². The molecule has 0 saturated carbocycles. The first-order chi connectivity index (χ1) is 34.7. The van der Waals surface area contributed by atoms with E-state index in [4.69, 9.17) is 0 Å². The molecule has 0 amide bonds. The molecule has 0 aliphatic rings. The molecule has 0 fully saturated rings. The molecule has 0 aromatic rings. The molecule has 1 radical (unpaired) electrons. The van der Waals surface area contributed by atoms with Crippen molar-refractivity contribution in [2.75, 3.05) is 0 Å². The van der Waals surface area contributed by atoms with Gasteiger partial charge < -0.3 is 0 Å². The van der Waals surface area contributed by atoms with Gasteiger partial charge in [-0.05, 0) is 43.4 Å². The maximum absolute atomic E-state index is 2.37. The quantitative estimate of drug-likeness (QED) is 0.0533. The standard InChI is InChI=1S/C70H141/c1-6-11-16-21-26-31-35-38-40-44-48-53-58-63-68-70(66-61-56-51-30-25-20-15-10-5,67-62-57-52-47-43-39-36-32-27-22-17-12-7-2)69(64-59-54-49-45-41-34-29-24-19-14-9-4)65-60-55-50-46-42-37-33-28-23-18-13-8-3/h6-68H2,1-5H3. The Bertz CT molecular complexity index is 888. The molecule has 0 heteroatoms. The maximum Gasteiger partial charge on any atom is -0.0179 e. The highest BCUT2D eigenvalue weighted by atomic mass is 14.4. The second kappa shape index (κ2) is 61.5. The summed E-state index contributed by atoms with van der Waals surface area (Å²) in [5.41, 5.74) is 0.535. The minimum atomic E-state index is 0.535. The van der Waals surface area contributed by atoms with Gasteiger partial charge in [-0.3, -0.25) is 0 Å². The molecule has 70 heavy (non-hydrogen) atoms. The summed E-state index contributed by atoms with van der Waals surface area (Å²) < 4.78 is 0. The van der Waals surface area contributed by atoms with Gasteiger partial charge in [0.2, 0.25) is 0 Å². The Hall–Kier alpha value is 0. The predicted octanol–water partition coefficient (Wildman–Crippen LogP) is 27.2. The largest absolute Gasteiger partial charge is 0.0654 e. The molecule has 0 spiro atoms. The average Bonchev–Trinajstić information content (AvgIpc) is 3.37. The summed E-state index contributed by atoms with van der Waals surface area (Å²) in [7, 11) is 0. The van der Waals surface area contributed by atoms with Gasteiger partial charge >= 0.3 is 0 Å². The molecule has 0 aliphatic carbocycles. The van der Waals surface area contributed by atoms with Gasteiger partial charge in [-0.1, -0.05) is 407 Å². The maximum atomic E-state index is 2.37. The Labute approximate surface area is 448 Å². The third kappa shape index (κ3) is 51.5. The molecular formula is C70H141. The molecule has 0 aromatic carbocycles. The molecule has 0 heterocycles. The van der Waals surface area contributed by atoms with Crippen molar-refractivity contribution in [1.82, 2.24) is 0 Å². The molecule has 0 nitrogen and oxygen atoms in total. The smallest absolute Gasteiger partial charge is 0.0179 e. The highest BCUT2D eigenvalue weighted by molar-refractivity contribution is 5.07. The van der Waals surface area contributed by atoms with Gasteiger partial charge in [0.25, 0.3) is 0 Å². The van der Waals surface area contributed by atoms with Crippen molar-refractivity contribution in [3.63, 3.8) is 0 Å². The van der Waals surface area contributed by atoms with Crippen molar-refractivity contribution in [2.24, 2.45) is 5.41 Å². The summed E-state index contributed by atoms with van der Waals surface area (Å²) in [5, 5.41) is 0. The van der Waals surface area contributed by atoms with Crippen LogP contribution in [0.3, 0.4) is 0 Å². The van der Waals surface area contributed by atoms with Crippen LogP contribution in [0.4, 0.5) is 0 Å². The fourth-order valence-corrected chi connectivity index (χ4v) is 12.5. The van der Waals surface area contributed by atoms with Gasteiger partial charge in [-0.15, -0.1) is 0 Å². The van der Waals surface area contributed by atoms with Crippen molar-refractivity contribution in [2.45, 2.75) is 439 Å². The molecule has 0 aromatic heterocycles. The monoisotopic (exact) mass is 982 g/mol. The van der Waals surface area contributed by atoms with Gasteiger partial charge in [0, 0.05) is 0 Å². The highest BCUT2D eigenvalue weighted by Crippen LogP contribution is 2.50. The summed E-state index contributed by atoms with van der Waals surface area (Å²) in [4.78, 5) is 0.